The third-order valence-corrected chi connectivity index (χ3v) is 6.20. The van der Waals surface area contributed by atoms with Crippen LogP contribution in [0.25, 0.3) is 11.1 Å². The molecular weight excluding hydrogens is 429 g/mol. The summed E-state index contributed by atoms with van der Waals surface area (Å²) < 4.78 is 13.7. The minimum absolute atomic E-state index is 0.0931. The number of carbonyl (C=O) groups is 2. The van der Waals surface area contributed by atoms with Crippen LogP contribution < -0.4 is 4.90 Å². The molecule has 1 N–H and O–H groups in total. The first kappa shape index (κ1) is 21.7. The van der Waals surface area contributed by atoms with Crippen LogP contribution in [-0.2, 0) is 16.9 Å². The van der Waals surface area contributed by atoms with Gasteiger partial charge in [0.15, 0.2) is 11.4 Å². The zero-order chi connectivity index (χ0) is 23.7. The molecule has 34 heavy (non-hydrogen) atoms. The standard InChI is InChI=1S/C29H22FNO3/c30-24-10-6-7-20(17-24)19-31-26-12-5-4-11-25(26)29(34,28(31)33)18-27(32)23-15-13-22(14-16-23)21-8-2-1-3-9-21/h1-17,34H,18-19H2/t29-/m1/s1. The molecule has 4 aromatic rings. The van der Waals surface area contributed by atoms with Gasteiger partial charge in [-0.1, -0.05) is 84.9 Å². The van der Waals surface area contributed by atoms with E-state index < -0.39 is 17.3 Å². The summed E-state index contributed by atoms with van der Waals surface area (Å²) in [4.78, 5) is 28.0. The molecule has 0 radical (unpaired) electrons. The Kier molecular flexibility index (Phi) is 5.56. The molecule has 1 amide bonds. The minimum atomic E-state index is -1.99. The molecule has 1 heterocycles. The average molecular weight is 451 g/mol. The van der Waals surface area contributed by atoms with Crippen LogP contribution in [-0.4, -0.2) is 16.8 Å². The third-order valence-electron chi connectivity index (χ3n) is 6.20. The minimum Gasteiger partial charge on any atom is -0.375 e. The first-order chi connectivity index (χ1) is 16.5. The summed E-state index contributed by atoms with van der Waals surface area (Å²) in [5, 5.41) is 11.5. The number of aliphatic hydroxyl groups is 1. The van der Waals surface area contributed by atoms with E-state index in [1.165, 1.54) is 17.0 Å². The lowest BCUT2D eigenvalue weighted by molar-refractivity contribution is -0.136. The summed E-state index contributed by atoms with van der Waals surface area (Å²) in [7, 11) is 0. The molecule has 0 unspecified atom stereocenters. The van der Waals surface area contributed by atoms with Crippen LogP contribution in [0.2, 0.25) is 0 Å². The Bertz CT molecular complexity index is 1370. The highest BCUT2D eigenvalue weighted by atomic mass is 19.1. The number of Topliss-reactive ketones (excluding diaryl/α,β-unsaturated/α-hetero) is 1. The largest absolute Gasteiger partial charge is 0.375 e. The molecule has 0 saturated carbocycles. The summed E-state index contributed by atoms with van der Waals surface area (Å²) in [6.07, 6.45) is -0.382. The lowest BCUT2D eigenvalue weighted by Gasteiger charge is -2.23. The summed E-state index contributed by atoms with van der Waals surface area (Å²) in [5.41, 5.74) is 1.93. The Morgan fingerprint density at radius 2 is 1.50 bits per heavy atom. The van der Waals surface area contributed by atoms with E-state index in [9.17, 15) is 19.1 Å². The van der Waals surface area contributed by atoms with Crippen molar-refractivity contribution < 1.29 is 19.1 Å². The second kappa shape index (κ2) is 8.69. The molecule has 0 bridgehead atoms. The van der Waals surface area contributed by atoms with Crippen molar-refractivity contribution in [1.82, 2.24) is 0 Å². The van der Waals surface area contributed by atoms with Gasteiger partial charge in [0.2, 0.25) is 0 Å². The highest BCUT2D eigenvalue weighted by molar-refractivity contribution is 6.10. The molecule has 168 valence electrons. The van der Waals surface area contributed by atoms with E-state index in [4.69, 9.17) is 0 Å². The van der Waals surface area contributed by atoms with Gasteiger partial charge in [-0.15, -0.1) is 0 Å². The summed E-state index contributed by atoms with van der Waals surface area (Å²) >= 11 is 0. The number of para-hydroxylation sites is 1. The van der Waals surface area contributed by atoms with Crippen molar-refractivity contribution in [1.29, 1.82) is 0 Å². The van der Waals surface area contributed by atoms with Gasteiger partial charge in [0, 0.05) is 11.1 Å². The number of ketones is 1. The molecule has 0 aromatic heterocycles. The molecular formula is C29H22FNO3. The van der Waals surface area contributed by atoms with E-state index in [-0.39, 0.29) is 18.7 Å². The van der Waals surface area contributed by atoms with Crippen LogP contribution in [0.1, 0.15) is 27.9 Å². The van der Waals surface area contributed by atoms with Gasteiger partial charge >= 0.3 is 0 Å². The Hall–Kier alpha value is -4.09. The van der Waals surface area contributed by atoms with Gasteiger partial charge in [0.25, 0.3) is 5.91 Å². The van der Waals surface area contributed by atoms with Crippen LogP contribution in [0, 0.1) is 5.82 Å². The van der Waals surface area contributed by atoms with Gasteiger partial charge in [-0.2, -0.15) is 0 Å². The van der Waals surface area contributed by atoms with Gasteiger partial charge in [-0.25, -0.2) is 4.39 Å². The van der Waals surface area contributed by atoms with Crippen molar-refractivity contribution in [3.8, 4) is 11.1 Å². The Morgan fingerprint density at radius 1 is 0.824 bits per heavy atom. The number of carbonyl (C=O) groups excluding carboxylic acids is 2. The number of nitrogens with zero attached hydrogens (tertiary/aromatic N) is 1. The molecule has 4 aromatic carbocycles. The fraction of sp³-hybridized carbons (Fsp3) is 0.103. The molecule has 0 fully saturated rings. The third kappa shape index (κ3) is 3.91. The number of fused-ring (bicyclic) bond motifs is 1. The molecule has 5 rings (SSSR count). The normalized spacial score (nSPS) is 17.0. The molecule has 1 aliphatic rings. The van der Waals surface area contributed by atoms with Crippen molar-refractivity contribution in [2.45, 2.75) is 18.6 Å². The predicted molar refractivity (Wildman–Crippen MR) is 129 cm³/mol. The molecule has 0 aliphatic carbocycles. The van der Waals surface area contributed by atoms with E-state index in [1.807, 2.05) is 42.5 Å². The lowest BCUT2D eigenvalue weighted by Crippen LogP contribution is -2.41. The van der Waals surface area contributed by atoms with Crippen LogP contribution in [0.4, 0.5) is 10.1 Å². The van der Waals surface area contributed by atoms with Crippen molar-refractivity contribution >= 4 is 17.4 Å². The average Bonchev–Trinajstić information content (AvgIpc) is 3.06. The first-order valence-corrected chi connectivity index (χ1v) is 11.0. The molecule has 0 spiro atoms. The maximum absolute atomic E-state index is 13.7. The van der Waals surface area contributed by atoms with E-state index in [0.29, 0.717) is 22.4 Å². The Labute approximate surface area is 196 Å². The highest BCUT2D eigenvalue weighted by Gasteiger charge is 2.50. The van der Waals surface area contributed by atoms with E-state index in [1.54, 1.807) is 48.5 Å². The second-order valence-corrected chi connectivity index (χ2v) is 8.44. The number of hydrogen-bond acceptors (Lipinski definition) is 3. The zero-order valence-corrected chi connectivity index (χ0v) is 18.3. The van der Waals surface area contributed by atoms with Crippen LogP contribution in [0.3, 0.4) is 0 Å². The van der Waals surface area contributed by atoms with Crippen LogP contribution in [0.5, 0.6) is 0 Å². The van der Waals surface area contributed by atoms with Gasteiger partial charge in [0.05, 0.1) is 18.7 Å². The number of amides is 1. The van der Waals surface area contributed by atoms with Crippen LogP contribution >= 0.6 is 0 Å². The topological polar surface area (TPSA) is 57.6 Å². The van der Waals surface area contributed by atoms with Gasteiger partial charge in [0.1, 0.15) is 5.82 Å². The molecule has 0 saturated heterocycles. The van der Waals surface area contributed by atoms with Gasteiger partial charge < -0.3 is 10.0 Å². The molecule has 1 aliphatic heterocycles. The number of benzene rings is 4. The van der Waals surface area contributed by atoms with Gasteiger partial charge in [-0.3, -0.25) is 9.59 Å². The van der Waals surface area contributed by atoms with Gasteiger partial charge in [-0.05, 0) is 34.9 Å². The summed E-state index contributed by atoms with van der Waals surface area (Å²) in [6, 6.07) is 29.8. The van der Waals surface area contributed by atoms with E-state index in [0.717, 1.165) is 11.1 Å². The first-order valence-electron chi connectivity index (χ1n) is 11.0. The SMILES string of the molecule is O=C(C[C@]1(O)C(=O)N(Cc2cccc(F)c2)c2ccccc21)c1ccc(-c2ccccc2)cc1. The van der Waals surface area contributed by atoms with Crippen molar-refractivity contribution in [2.24, 2.45) is 0 Å². The molecule has 1 atom stereocenters. The Balaban J connectivity index is 1.41. The summed E-state index contributed by atoms with van der Waals surface area (Å²) in [6.45, 7) is 0.0931. The maximum atomic E-state index is 13.7. The lowest BCUT2D eigenvalue weighted by atomic mass is 9.88. The maximum Gasteiger partial charge on any atom is 0.264 e. The van der Waals surface area contributed by atoms with Crippen molar-refractivity contribution in [2.75, 3.05) is 4.90 Å². The number of rotatable bonds is 6. The number of anilines is 1. The molecule has 4 nitrogen and oxygen atoms in total. The van der Waals surface area contributed by atoms with Crippen molar-refractivity contribution in [3.05, 3.63) is 126 Å². The zero-order valence-electron chi connectivity index (χ0n) is 18.3. The molecule has 5 heteroatoms. The monoisotopic (exact) mass is 451 g/mol. The second-order valence-electron chi connectivity index (χ2n) is 8.44. The number of hydrogen-bond donors (Lipinski definition) is 1. The fourth-order valence-corrected chi connectivity index (χ4v) is 4.47. The quantitative estimate of drug-likeness (QED) is 0.394. The number of halogens is 1. The highest BCUT2D eigenvalue weighted by Crippen LogP contribution is 2.43. The predicted octanol–water partition coefficient (Wildman–Crippen LogP) is 5.50. The smallest absolute Gasteiger partial charge is 0.264 e. The van der Waals surface area contributed by atoms with E-state index in [2.05, 4.69) is 0 Å². The van der Waals surface area contributed by atoms with Crippen LogP contribution in [0.15, 0.2) is 103 Å². The fourth-order valence-electron chi connectivity index (χ4n) is 4.47. The summed E-state index contributed by atoms with van der Waals surface area (Å²) in [5.74, 6) is -1.33. The van der Waals surface area contributed by atoms with Crippen molar-refractivity contribution in [3.63, 3.8) is 0 Å². The Morgan fingerprint density at radius 3 is 2.24 bits per heavy atom. The van der Waals surface area contributed by atoms with E-state index >= 15 is 0 Å².